The average Bonchev–Trinajstić information content (AvgIpc) is 2.82. The van der Waals surface area contributed by atoms with Crippen LogP contribution in [0.1, 0.15) is 28.5 Å². The molecule has 3 aromatic rings. The number of para-hydroxylation sites is 1. The van der Waals surface area contributed by atoms with E-state index in [2.05, 4.69) is 48.0 Å². The number of halogens is 1. The molecule has 0 aliphatic heterocycles. The summed E-state index contributed by atoms with van der Waals surface area (Å²) in [5.41, 5.74) is 10.7. The molecule has 0 fully saturated rings. The molecule has 0 radical (unpaired) electrons. The number of rotatable bonds is 2. The van der Waals surface area contributed by atoms with E-state index < -0.39 is 0 Å². The molecule has 0 saturated carbocycles. The van der Waals surface area contributed by atoms with E-state index >= 15 is 0 Å². The van der Waals surface area contributed by atoms with Gasteiger partial charge in [-0.05, 0) is 47.5 Å². The molecule has 3 heteroatoms. The molecule has 0 aliphatic rings. The quantitative estimate of drug-likeness (QED) is 0.729. The number of benzene rings is 2. The summed E-state index contributed by atoms with van der Waals surface area (Å²) in [6, 6.07) is 14.1. The third-order valence-corrected chi connectivity index (χ3v) is 4.05. The molecule has 0 spiro atoms. The van der Waals surface area contributed by atoms with Crippen LogP contribution in [0.2, 0.25) is 0 Å². The number of nitrogens with two attached hydrogens (primary N) is 1. The SMILES string of the molecule is Cc1cc(C)cc(C(N)c2cc3cccc(Br)c3o2)c1. The van der Waals surface area contributed by atoms with Gasteiger partial charge in [0, 0.05) is 5.39 Å². The topological polar surface area (TPSA) is 39.2 Å². The van der Waals surface area contributed by atoms with Crippen molar-refractivity contribution in [3.05, 3.63) is 69.4 Å². The van der Waals surface area contributed by atoms with Crippen molar-refractivity contribution >= 4 is 26.9 Å². The molecule has 1 unspecified atom stereocenters. The Morgan fingerprint density at radius 3 is 2.40 bits per heavy atom. The van der Waals surface area contributed by atoms with Crippen molar-refractivity contribution in [3.8, 4) is 0 Å². The highest BCUT2D eigenvalue weighted by Gasteiger charge is 2.15. The van der Waals surface area contributed by atoms with Gasteiger partial charge < -0.3 is 10.2 Å². The Hall–Kier alpha value is -1.58. The zero-order valence-corrected chi connectivity index (χ0v) is 13.1. The maximum atomic E-state index is 6.36. The van der Waals surface area contributed by atoms with Crippen LogP contribution in [0.25, 0.3) is 11.0 Å². The second-order valence-electron chi connectivity index (χ2n) is 5.21. The van der Waals surface area contributed by atoms with Gasteiger partial charge in [0.05, 0.1) is 10.5 Å². The van der Waals surface area contributed by atoms with Crippen molar-refractivity contribution in [2.75, 3.05) is 0 Å². The lowest BCUT2D eigenvalue weighted by molar-refractivity contribution is 0.524. The Labute approximate surface area is 126 Å². The fourth-order valence-electron chi connectivity index (χ4n) is 2.55. The molecule has 0 bridgehead atoms. The highest BCUT2D eigenvalue weighted by molar-refractivity contribution is 9.10. The number of aryl methyl sites for hydroxylation is 2. The summed E-state index contributed by atoms with van der Waals surface area (Å²) in [4.78, 5) is 0. The van der Waals surface area contributed by atoms with E-state index in [1.165, 1.54) is 11.1 Å². The van der Waals surface area contributed by atoms with Gasteiger partial charge in [0.2, 0.25) is 0 Å². The van der Waals surface area contributed by atoms with Crippen molar-refractivity contribution in [1.82, 2.24) is 0 Å². The van der Waals surface area contributed by atoms with Gasteiger partial charge in [-0.3, -0.25) is 0 Å². The predicted octanol–water partition coefficient (Wildman–Crippen LogP) is 4.86. The standard InChI is InChI=1S/C17H16BrNO/c1-10-6-11(2)8-13(7-10)16(19)15-9-12-4-3-5-14(18)17(12)20-15/h3-9,16H,19H2,1-2H3. The zero-order valence-electron chi connectivity index (χ0n) is 11.5. The summed E-state index contributed by atoms with van der Waals surface area (Å²) >= 11 is 3.50. The van der Waals surface area contributed by atoms with Gasteiger partial charge in [-0.15, -0.1) is 0 Å². The molecule has 2 N–H and O–H groups in total. The highest BCUT2D eigenvalue weighted by atomic mass is 79.9. The second kappa shape index (κ2) is 5.08. The van der Waals surface area contributed by atoms with Crippen LogP contribution < -0.4 is 5.73 Å². The molecule has 1 atom stereocenters. The summed E-state index contributed by atoms with van der Waals surface area (Å²) in [6.07, 6.45) is 0. The molecule has 0 amide bonds. The summed E-state index contributed by atoms with van der Waals surface area (Å²) < 4.78 is 6.88. The second-order valence-corrected chi connectivity index (χ2v) is 6.06. The highest BCUT2D eigenvalue weighted by Crippen LogP contribution is 2.31. The molecule has 2 aromatic carbocycles. The first-order valence-electron chi connectivity index (χ1n) is 6.56. The lowest BCUT2D eigenvalue weighted by atomic mass is 10.0. The molecule has 2 nitrogen and oxygen atoms in total. The Morgan fingerprint density at radius 2 is 1.75 bits per heavy atom. The largest absolute Gasteiger partial charge is 0.458 e. The minimum Gasteiger partial charge on any atom is -0.458 e. The number of furan rings is 1. The first kappa shape index (κ1) is 13.4. The Bertz CT molecular complexity index is 756. The van der Waals surface area contributed by atoms with E-state index in [0.29, 0.717) is 0 Å². The first-order valence-corrected chi connectivity index (χ1v) is 7.35. The maximum Gasteiger partial charge on any atom is 0.148 e. The van der Waals surface area contributed by atoms with Crippen LogP contribution in [0.4, 0.5) is 0 Å². The Morgan fingerprint density at radius 1 is 1.05 bits per heavy atom. The van der Waals surface area contributed by atoms with E-state index in [-0.39, 0.29) is 6.04 Å². The molecule has 0 saturated heterocycles. The molecule has 20 heavy (non-hydrogen) atoms. The minimum atomic E-state index is -0.243. The maximum absolute atomic E-state index is 6.36. The van der Waals surface area contributed by atoms with Crippen molar-refractivity contribution in [1.29, 1.82) is 0 Å². The van der Waals surface area contributed by atoms with Gasteiger partial charge in [0.1, 0.15) is 11.3 Å². The normalized spacial score (nSPS) is 12.8. The number of hydrogen-bond donors (Lipinski definition) is 1. The fourth-order valence-corrected chi connectivity index (χ4v) is 3.02. The fraction of sp³-hybridized carbons (Fsp3) is 0.176. The molecule has 0 aliphatic carbocycles. The van der Waals surface area contributed by atoms with Crippen LogP contribution in [0.5, 0.6) is 0 Å². The molecular weight excluding hydrogens is 314 g/mol. The van der Waals surface area contributed by atoms with E-state index in [9.17, 15) is 0 Å². The van der Waals surface area contributed by atoms with Gasteiger partial charge in [-0.2, -0.15) is 0 Å². The number of fused-ring (bicyclic) bond motifs is 1. The van der Waals surface area contributed by atoms with E-state index in [1.54, 1.807) is 0 Å². The van der Waals surface area contributed by atoms with Crippen LogP contribution in [-0.2, 0) is 0 Å². The van der Waals surface area contributed by atoms with Gasteiger partial charge in [0.15, 0.2) is 0 Å². The molecule has 1 heterocycles. The summed E-state index contributed by atoms with van der Waals surface area (Å²) in [5.74, 6) is 0.789. The van der Waals surface area contributed by atoms with E-state index in [0.717, 1.165) is 26.8 Å². The van der Waals surface area contributed by atoms with Crippen LogP contribution in [0, 0.1) is 13.8 Å². The van der Waals surface area contributed by atoms with Gasteiger partial charge in [-0.1, -0.05) is 41.5 Å². The third kappa shape index (κ3) is 2.39. The van der Waals surface area contributed by atoms with Crippen LogP contribution >= 0.6 is 15.9 Å². The third-order valence-electron chi connectivity index (χ3n) is 3.42. The van der Waals surface area contributed by atoms with Crippen LogP contribution in [0.3, 0.4) is 0 Å². The Kier molecular flexibility index (Phi) is 3.40. The molecule has 3 rings (SSSR count). The lowest BCUT2D eigenvalue weighted by Crippen LogP contribution is -2.11. The smallest absolute Gasteiger partial charge is 0.148 e. The van der Waals surface area contributed by atoms with Crippen LogP contribution in [-0.4, -0.2) is 0 Å². The molecule has 102 valence electrons. The van der Waals surface area contributed by atoms with Crippen molar-refractivity contribution < 1.29 is 4.42 Å². The van der Waals surface area contributed by atoms with Crippen molar-refractivity contribution in [2.45, 2.75) is 19.9 Å². The predicted molar refractivity (Wildman–Crippen MR) is 85.9 cm³/mol. The monoisotopic (exact) mass is 329 g/mol. The minimum absolute atomic E-state index is 0.243. The molecular formula is C17H16BrNO. The van der Waals surface area contributed by atoms with Crippen molar-refractivity contribution in [3.63, 3.8) is 0 Å². The van der Waals surface area contributed by atoms with Gasteiger partial charge >= 0.3 is 0 Å². The average molecular weight is 330 g/mol. The van der Waals surface area contributed by atoms with E-state index in [4.69, 9.17) is 10.2 Å². The van der Waals surface area contributed by atoms with Gasteiger partial charge in [0.25, 0.3) is 0 Å². The summed E-state index contributed by atoms with van der Waals surface area (Å²) in [6.45, 7) is 4.16. The molecule has 1 aromatic heterocycles. The van der Waals surface area contributed by atoms with E-state index in [1.807, 2.05) is 24.3 Å². The van der Waals surface area contributed by atoms with Gasteiger partial charge in [-0.25, -0.2) is 0 Å². The Balaban J connectivity index is 2.07. The summed E-state index contributed by atoms with van der Waals surface area (Å²) in [7, 11) is 0. The number of hydrogen-bond acceptors (Lipinski definition) is 2. The first-order chi connectivity index (χ1) is 9.54. The van der Waals surface area contributed by atoms with Crippen molar-refractivity contribution in [2.24, 2.45) is 5.73 Å². The summed E-state index contributed by atoms with van der Waals surface area (Å²) in [5, 5.41) is 1.06. The zero-order chi connectivity index (χ0) is 14.3. The lowest BCUT2D eigenvalue weighted by Gasteiger charge is -2.11. The van der Waals surface area contributed by atoms with Crippen LogP contribution in [0.15, 0.2) is 51.4 Å².